The van der Waals surface area contributed by atoms with Gasteiger partial charge in [-0.05, 0) is 31.0 Å². The third-order valence-electron chi connectivity index (χ3n) is 4.86. The lowest BCUT2D eigenvalue weighted by Crippen LogP contribution is -2.59. The number of likely N-dealkylation sites (tertiary alicyclic amines) is 1. The second-order valence-electron chi connectivity index (χ2n) is 6.63. The predicted molar refractivity (Wildman–Crippen MR) is 102 cm³/mol. The highest BCUT2D eigenvalue weighted by molar-refractivity contribution is 5.94. The van der Waals surface area contributed by atoms with Gasteiger partial charge in [0.25, 0.3) is 5.91 Å². The number of hydrogen-bond donors (Lipinski definition) is 2. The molecule has 0 radical (unpaired) electrons. The van der Waals surface area contributed by atoms with Gasteiger partial charge in [0.05, 0.1) is 18.4 Å². The number of para-hydroxylation sites is 1. The average Bonchev–Trinajstić information content (AvgIpc) is 3.24. The summed E-state index contributed by atoms with van der Waals surface area (Å²) in [6.07, 6.45) is 3.97. The highest BCUT2D eigenvalue weighted by atomic mass is 16.5. The van der Waals surface area contributed by atoms with E-state index in [0.717, 1.165) is 5.69 Å². The van der Waals surface area contributed by atoms with Crippen LogP contribution in [0.1, 0.15) is 23.2 Å². The van der Waals surface area contributed by atoms with E-state index in [1.165, 1.54) is 12.5 Å². The summed E-state index contributed by atoms with van der Waals surface area (Å²) in [6.45, 7) is 1.88. The van der Waals surface area contributed by atoms with Gasteiger partial charge in [-0.1, -0.05) is 18.2 Å². The Hall–Kier alpha value is -2.80. The molecule has 0 spiro atoms. The smallest absolute Gasteiger partial charge is 0.257 e. The van der Waals surface area contributed by atoms with Crippen molar-refractivity contribution in [2.24, 2.45) is 0 Å². The quantitative estimate of drug-likeness (QED) is 0.729. The van der Waals surface area contributed by atoms with Crippen molar-refractivity contribution in [1.29, 1.82) is 0 Å². The van der Waals surface area contributed by atoms with Crippen molar-refractivity contribution in [1.82, 2.24) is 10.2 Å². The van der Waals surface area contributed by atoms with Gasteiger partial charge >= 0.3 is 0 Å². The number of rotatable bonds is 7. The van der Waals surface area contributed by atoms with Gasteiger partial charge in [-0.15, -0.1) is 0 Å². The predicted octanol–water partition coefficient (Wildman–Crippen LogP) is 2.13. The second kappa shape index (κ2) is 8.73. The third kappa shape index (κ3) is 4.49. The molecule has 1 aliphatic rings. The fourth-order valence-electron chi connectivity index (χ4n) is 3.30. The van der Waals surface area contributed by atoms with E-state index in [9.17, 15) is 9.59 Å². The number of ether oxygens (including phenoxy) is 1. The summed E-state index contributed by atoms with van der Waals surface area (Å²) in [5.74, 6) is -0.143. The fraction of sp³-hybridized carbons (Fsp3) is 0.400. The van der Waals surface area contributed by atoms with Crippen molar-refractivity contribution in [3.63, 3.8) is 0 Å². The topological polar surface area (TPSA) is 83.8 Å². The van der Waals surface area contributed by atoms with Gasteiger partial charge in [0.2, 0.25) is 5.91 Å². The Bertz CT molecular complexity index is 738. The van der Waals surface area contributed by atoms with E-state index in [1.54, 1.807) is 18.1 Å². The highest BCUT2D eigenvalue weighted by Crippen LogP contribution is 2.28. The molecular formula is C20H25N3O4. The summed E-state index contributed by atoms with van der Waals surface area (Å²) in [5, 5.41) is 6.35. The summed E-state index contributed by atoms with van der Waals surface area (Å²) in [7, 11) is 1.60. The first-order valence-electron chi connectivity index (χ1n) is 9.06. The van der Waals surface area contributed by atoms with Gasteiger partial charge in [-0.3, -0.25) is 9.59 Å². The Morgan fingerprint density at radius 1 is 1.19 bits per heavy atom. The fourth-order valence-corrected chi connectivity index (χ4v) is 3.30. The van der Waals surface area contributed by atoms with Gasteiger partial charge in [0.15, 0.2) is 0 Å². The lowest BCUT2D eigenvalue weighted by Gasteiger charge is -2.41. The summed E-state index contributed by atoms with van der Waals surface area (Å²) in [5.41, 5.74) is 0.652. The van der Waals surface area contributed by atoms with Crippen LogP contribution in [0.5, 0.6) is 0 Å². The van der Waals surface area contributed by atoms with Crippen molar-refractivity contribution >= 4 is 17.5 Å². The zero-order chi connectivity index (χ0) is 19.1. The van der Waals surface area contributed by atoms with Crippen LogP contribution in [0.25, 0.3) is 0 Å². The van der Waals surface area contributed by atoms with Crippen LogP contribution < -0.4 is 10.6 Å². The number of amides is 2. The minimum absolute atomic E-state index is 0.0705. The summed E-state index contributed by atoms with van der Waals surface area (Å²) >= 11 is 0. The molecule has 144 valence electrons. The van der Waals surface area contributed by atoms with Crippen molar-refractivity contribution in [3.8, 4) is 0 Å². The van der Waals surface area contributed by atoms with E-state index in [2.05, 4.69) is 10.6 Å². The first-order chi connectivity index (χ1) is 13.1. The Labute approximate surface area is 158 Å². The molecule has 0 unspecified atom stereocenters. The molecule has 7 nitrogen and oxygen atoms in total. The number of anilines is 1. The van der Waals surface area contributed by atoms with Crippen LogP contribution in [0.2, 0.25) is 0 Å². The number of carbonyl (C=O) groups is 2. The zero-order valence-electron chi connectivity index (χ0n) is 15.4. The van der Waals surface area contributed by atoms with Crippen LogP contribution in [-0.2, 0) is 9.53 Å². The number of hydrogen-bond acceptors (Lipinski definition) is 5. The maximum absolute atomic E-state index is 13.0. The molecule has 0 atom stereocenters. The molecule has 2 amide bonds. The van der Waals surface area contributed by atoms with Gasteiger partial charge in [0, 0.05) is 32.4 Å². The monoisotopic (exact) mass is 371 g/mol. The average molecular weight is 371 g/mol. The van der Waals surface area contributed by atoms with Crippen molar-refractivity contribution < 1.29 is 18.7 Å². The van der Waals surface area contributed by atoms with Crippen molar-refractivity contribution in [3.05, 3.63) is 54.5 Å². The molecule has 1 fully saturated rings. The van der Waals surface area contributed by atoms with Crippen molar-refractivity contribution in [2.75, 3.05) is 38.7 Å². The molecule has 27 heavy (non-hydrogen) atoms. The largest absolute Gasteiger partial charge is 0.472 e. The van der Waals surface area contributed by atoms with E-state index in [4.69, 9.17) is 9.15 Å². The first kappa shape index (κ1) is 19.0. The SMILES string of the molecule is COCCNC(=O)C1(Nc2ccccc2)CCN(C(=O)c2ccoc2)CC1. The minimum Gasteiger partial charge on any atom is -0.472 e. The highest BCUT2D eigenvalue weighted by Gasteiger charge is 2.42. The van der Waals surface area contributed by atoms with Gasteiger partial charge in [0.1, 0.15) is 11.8 Å². The van der Waals surface area contributed by atoms with Crippen LogP contribution in [0.15, 0.2) is 53.3 Å². The molecular weight excluding hydrogens is 346 g/mol. The van der Waals surface area contributed by atoms with Crippen LogP contribution >= 0.6 is 0 Å². The summed E-state index contributed by atoms with van der Waals surface area (Å²) in [4.78, 5) is 27.3. The van der Waals surface area contributed by atoms with Gasteiger partial charge in [-0.2, -0.15) is 0 Å². The van der Waals surface area contributed by atoms with E-state index >= 15 is 0 Å². The van der Waals surface area contributed by atoms with Crippen LogP contribution in [0.3, 0.4) is 0 Å². The standard InChI is InChI=1S/C20H25N3O4/c1-26-14-10-21-19(25)20(22-17-5-3-2-4-6-17)8-11-23(12-9-20)18(24)16-7-13-27-15-16/h2-7,13,15,22H,8-12,14H2,1H3,(H,21,25). The van der Waals surface area contributed by atoms with E-state index in [0.29, 0.717) is 44.6 Å². The van der Waals surface area contributed by atoms with Crippen LogP contribution in [0.4, 0.5) is 5.69 Å². The molecule has 2 N–H and O–H groups in total. The van der Waals surface area contributed by atoms with Gasteiger partial charge in [-0.25, -0.2) is 0 Å². The summed E-state index contributed by atoms with van der Waals surface area (Å²) in [6, 6.07) is 11.3. The molecule has 0 aliphatic carbocycles. The van der Waals surface area contributed by atoms with E-state index in [-0.39, 0.29) is 11.8 Å². The van der Waals surface area contributed by atoms with Crippen molar-refractivity contribution in [2.45, 2.75) is 18.4 Å². The number of methoxy groups -OCH3 is 1. The molecule has 2 aromatic rings. The molecule has 0 saturated carbocycles. The lowest BCUT2D eigenvalue weighted by atomic mass is 9.85. The molecule has 7 heteroatoms. The van der Waals surface area contributed by atoms with Crippen LogP contribution in [-0.4, -0.2) is 55.6 Å². The molecule has 1 aromatic heterocycles. The van der Waals surface area contributed by atoms with Gasteiger partial charge < -0.3 is 24.7 Å². The number of carbonyl (C=O) groups excluding carboxylic acids is 2. The molecule has 1 aromatic carbocycles. The molecule has 2 heterocycles. The van der Waals surface area contributed by atoms with E-state index < -0.39 is 5.54 Å². The Morgan fingerprint density at radius 3 is 2.56 bits per heavy atom. The number of nitrogens with zero attached hydrogens (tertiary/aromatic N) is 1. The number of benzene rings is 1. The minimum atomic E-state index is -0.762. The Balaban J connectivity index is 1.71. The maximum atomic E-state index is 13.0. The number of furan rings is 1. The molecule has 3 rings (SSSR count). The number of piperidine rings is 1. The Morgan fingerprint density at radius 2 is 1.93 bits per heavy atom. The lowest BCUT2D eigenvalue weighted by molar-refractivity contribution is -0.127. The van der Waals surface area contributed by atoms with Crippen LogP contribution in [0, 0.1) is 0 Å². The maximum Gasteiger partial charge on any atom is 0.257 e. The third-order valence-corrected chi connectivity index (χ3v) is 4.86. The molecule has 0 bridgehead atoms. The normalized spacial score (nSPS) is 16.0. The molecule has 1 aliphatic heterocycles. The zero-order valence-corrected chi connectivity index (χ0v) is 15.4. The second-order valence-corrected chi connectivity index (χ2v) is 6.63. The summed E-state index contributed by atoms with van der Waals surface area (Å²) < 4.78 is 10.0. The van der Waals surface area contributed by atoms with E-state index in [1.807, 2.05) is 30.3 Å². The Kier molecular flexibility index (Phi) is 6.13. The number of nitrogens with one attached hydrogen (secondary N) is 2. The first-order valence-corrected chi connectivity index (χ1v) is 9.06. The molecule has 1 saturated heterocycles.